The third kappa shape index (κ3) is 3.08. The van der Waals surface area contributed by atoms with Gasteiger partial charge in [-0.3, -0.25) is 4.98 Å². The van der Waals surface area contributed by atoms with Gasteiger partial charge in [0.25, 0.3) is 0 Å². The van der Waals surface area contributed by atoms with Crippen molar-refractivity contribution in [3.05, 3.63) is 47.8 Å². The predicted molar refractivity (Wildman–Crippen MR) is 67.1 cm³/mol. The second kappa shape index (κ2) is 5.50. The van der Waals surface area contributed by atoms with Crippen LogP contribution < -0.4 is 4.74 Å². The Balaban J connectivity index is 2.41. The van der Waals surface area contributed by atoms with E-state index >= 15 is 0 Å². The Morgan fingerprint density at radius 3 is 2.40 bits per heavy atom. The van der Waals surface area contributed by atoms with Gasteiger partial charge in [0.05, 0.1) is 13.7 Å². The number of hydrogen-bond acceptors (Lipinski definition) is 3. The van der Waals surface area contributed by atoms with Gasteiger partial charge in [-0.15, -0.1) is 0 Å². The average Bonchev–Trinajstić information content (AvgIpc) is 2.46. The van der Waals surface area contributed by atoms with E-state index in [0.717, 1.165) is 12.3 Å². The predicted octanol–water partition coefficient (Wildman–Crippen LogP) is 3.27. The lowest BCUT2D eigenvalue weighted by atomic mass is 10.0. The molecule has 20 heavy (non-hydrogen) atoms. The maximum absolute atomic E-state index is 12.4. The topological polar surface area (TPSA) is 42.4 Å². The Kier molecular flexibility index (Phi) is 3.94. The molecule has 1 heterocycles. The van der Waals surface area contributed by atoms with Crippen LogP contribution in [-0.2, 0) is 12.8 Å². The molecule has 0 aliphatic rings. The molecule has 0 aliphatic heterocycles. The molecule has 2 aromatic rings. The van der Waals surface area contributed by atoms with Crippen molar-refractivity contribution in [3.63, 3.8) is 0 Å². The summed E-state index contributed by atoms with van der Waals surface area (Å²) in [5.41, 5.74) is 0.826. The maximum Gasteiger partial charge on any atom is 0.433 e. The van der Waals surface area contributed by atoms with Crippen molar-refractivity contribution in [3.8, 4) is 16.9 Å². The van der Waals surface area contributed by atoms with Crippen molar-refractivity contribution in [2.75, 3.05) is 7.11 Å². The molecule has 0 aliphatic carbocycles. The standard InChI is InChI=1S/C14H12F3NO2/c1-20-12-5-9(8-19)4-11(6-12)10-2-3-13(18-7-10)14(15,16)17/h2-7,19H,8H2,1H3. The van der Waals surface area contributed by atoms with Crippen molar-refractivity contribution in [1.29, 1.82) is 0 Å². The molecule has 6 heteroatoms. The Labute approximate surface area is 113 Å². The fraction of sp³-hybridized carbons (Fsp3) is 0.214. The first kappa shape index (κ1) is 14.3. The fourth-order valence-electron chi connectivity index (χ4n) is 1.77. The van der Waals surface area contributed by atoms with E-state index in [1.807, 2.05) is 0 Å². The quantitative estimate of drug-likeness (QED) is 0.940. The van der Waals surface area contributed by atoms with Gasteiger partial charge in [0.15, 0.2) is 0 Å². The average molecular weight is 283 g/mol. The molecule has 0 bridgehead atoms. The molecule has 0 radical (unpaired) electrons. The fourth-order valence-corrected chi connectivity index (χ4v) is 1.77. The lowest BCUT2D eigenvalue weighted by molar-refractivity contribution is -0.141. The highest BCUT2D eigenvalue weighted by atomic mass is 19.4. The first-order valence-corrected chi connectivity index (χ1v) is 5.76. The number of aromatic nitrogens is 1. The summed E-state index contributed by atoms with van der Waals surface area (Å²) in [5.74, 6) is 0.520. The van der Waals surface area contributed by atoms with Crippen LogP contribution in [0.4, 0.5) is 13.2 Å². The SMILES string of the molecule is COc1cc(CO)cc(-c2ccc(C(F)(F)F)nc2)c1. The van der Waals surface area contributed by atoms with Crippen LogP contribution in [0.25, 0.3) is 11.1 Å². The van der Waals surface area contributed by atoms with E-state index in [1.54, 1.807) is 18.2 Å². The monoisotopic (exact) mass is 283 g/mol. The molecule has 1 aromatic carbocycles. The molecule has 0 atom stereocenters. The summed E-state index contributed by atoms with van der Waals surface area (Å²) in [4.78, 5) is 3.41. The van der Waals surface area contributed by atoms with E-state index in [2.05, 4.69) is 4.98 Å². The van der Waals surface area contributed by atoms with Crippen molar-refractivity contribution >= 4 is 0 Å². The van der Waals surface area contributed by atoms with Crippen LogP contribution >= 0.6 is 0 Å². The third-order valence-electron chi connectivity index (χ3n) is 2.77. The lowest BCUT2D eigenvalue weighted by Crippen LogP contribution is -2.07. The number of methoxy groups -OCH3 is 1. The van der Waals surface area contributed by atoms with Crippen LogP contribution in [0.2, 0.25) is 0 Å². The van der Waals surface area contributed by atoms with Crippen LogP contribution in [0.15, 0.2) is 36.5 Å². The molecule has 0 spiro atoms. The summed E-state index contributed by atoms with van der Waals surface area (Å²) in [7, 11) is 1.48. The highest BCUT2D eigenvalue weighted by Crippen LogP contribution is 2.30. The second-order valence-corrected chi connectivity index (χ2v) is 4.16. The number of alkyl halides is 3. The van der Waals surface area contributed by atoms with Crippen molar-refractivity contribution in [2.24, 2.45) is 0 Å². The first-order chi connectivity index (χ1) is 9.44. The van der Waals surface area contributed by atoms with Crippen molar-refractivity contribution < 1.29 is 23.0 Å². The molecule has 2 rings (SSSR count). The third-order valence-corrected chi connectivity index (χ3v) is 2.77. The largest absolute Gasteiger partial charge is 0.497 e. The number of aliphatic hydroxyl groups excluding tert-OH is 1. The number of rotatable bonds is 3. The molecule has 0 unspecified atom stereocenters. The normalized spacial score (nSPS) is 11.4. The van der Waals surface area contributed by atoms with Gasteiger partial charge in [-0.1, -0.05) is 6.07 Å². The summed E-state index contributed by atoms with van der Waals surface area (Å²) in [6.45, 7) is -0.182. The number of pyridine rings is 1. The maximum atomic E-state index is 12.4. The summed E-state index contributed by atoms with van der Waals surface area (Å²) in [5, 5.41) is 9.16. The van der Waals surface area contributed by atoms with Gasteiger partial charge < -0.3 is 9.84 Å². The minimum Gasteiger partial charge on any atom is -0.497 e. The van der Waals surface area contributed by atoms with E-state index in [0.29, 0.717) is 22.4 Å². The summed E-state index contributed by atoms with van der Waals surface area (Å²) in [6, 6.07) is 7.26. The Morgan fingerprint density at radius 1 is 1.15 bits per heavy atom. The molecule has 0 amide bonds. The van der Waals surface area contributed by atoms with E-state index in [1.165, 1.54) is 13.2 Å². The van der Waals surface area contributed by atoms with Gasteiger partial charge in [0.1, 0.15) is 11.4 Å². The van der Waals surface area contributed by atoms with E-state index in [-0.39, 0.29) is 6.61 Å². The molecule has 3 nitrogen and oxygen atoms in total. The minimum atomic E-state index is -4.46. The summed E-state index contributed by atoms with van der Waals surface area (Å²) < 4.78 is 42.4. The van der Waals surface area contributed by atoms with Gasteiger partial charge in [0, 0.05) is 11.8 Å². The number of aliphatic hydroxyl groups is 1. The molecular formula is C14H12F3NO2. The first-order valence-electron chi connectivity index (χ1n) is 5.76. The number of hydrogen-bond donors (Lipinski definition) is 1. The number of ether oxygens (including phenoxy) is 1. The van der Waals surface area contributed by atoms with Crippen molar-refractivity contribution in [2.45, 2.75) is 12.8 Å². The highest BCUT2D eigenvalue weighted by Gasteiger charge is 2.32. The van der Waals surface area contributed by atoms with Crippen LogP contribution in [-0.4, -0.2) is 17.2 Å². The number of halogens is 3. The van der Waals surface area contributed by atoms with Crippen LogP contribution in [0.3, 0.4) is 0 Å². The second-order valence-electron chi connectivity index (χ2n) is 4.16. The van der Waals surface area contributed by atoms with E-state index < -0.39 is 11.9 Å². The highest BCUT2D eigenvalue weighted by molar-refractivity contribution is 5.65. The summed E-state index contributed by atoms with van der Waals surface area (Å²) in [6.07, 6.45) is -3.30. The zero-order valence-electron chi connectivity index (χ0n) is 10.6. The molecule has 1 aromatic heterocycles. The van der Waals surface area contributed by atoms with Gasteiger partial charge in [0.2, 0.25) is 0 Å². The zero-order chi connectivity index (χ0) is 14.8. The minimum absolute atomic E-state index is 0.182. The molecule has 106 valence electrons. The van der Waals surface area contributed by atoms with Crippen molar-refractivity contribution in [1.82, 2.24) is 4.98 Å². The molecule has 0 saturated heterocycles. The van der Waals surface area contributed by atoms with Gasteiger partial charge in [-0.2, -0.15) is 13.2 Å². The molecule has 0 saturated carbocycles. The Morgan fingerprint density at radius 2 is 1.90 bits per heavy atom. The summed E-state index contributed by atoms with van der Waals surface area (Å²) >= 11 is 0. The van der Waals surface area contributed by atoms with Crippen LogP contribution in [0.1, 0.15) is 11.3 Å². The zero-order valence-corrected chi connectivity index (χ0v) is 10.6. The number of nitrogens with zero attached hydrogens (tertiary/aromatic N) is 1. The van der Waals surface area contributed by atoms with Gasteiger partial charge in [-0.25, -0.2) is 0 Å². The van der Waals surface area contributed by atoms with E-state index in [9.17, 15) is 13.2 Å². The lowest BCUT2D eigenvalue weighted by Gasteiger charge is -2.09. The smallest absolute Gasteiger partial charge is 0.433 e. The van der Waals surface area contributed by atoms with Gasteiger partial charge >= 0.3 is 6.18 Å². The molecule has 0 fully saturated rings. The van der Waals surface area contributed by atoms with Crippen LogP contribution in [0, 0.1) is 0 Å². The van der Waals surface area contributed by atoms with E-state index in [4.69, 9.17) is 9.84 Å². The Hall–Kier alpha value is -2.08. The number of benzene rings is 1. The Bertz CT molecular complexity index is 572. The van der Waals surface area contributed by atoms with Crippen LogP contribution in [0.5, 0.6) is 5.75 Å². The molecule has 1 N–H and O–H groups in total. The molecular weight excluding hydrogens is 271 g/mol. The van der Waals surface area contributed by atoms with Gasteiger partial charge in [-0.05, 0) is 35.4 Å².